The molecule has 0 aliphatic rings. The molecule has 0 unspecified atom stereocenters. The Hall–Kier alpha value is -7.11. The first-order valence-corrected chi connectivity index (χ1v) is 17.4. The van der Waals surface area contributed by atoms with Crippen LogP contribution < -0.4 is 9.80 Å². The highest BCUT2D eigenvalue weighted by atomic mass is 16.3. The number of fused-ring (bicyclic) bond motifs is 6. The molecule has 8 aromatic carbocycles. The van der Waals surface area contributed by atoms with Crippen LogP contribution in [-0.2, 0) is 0 Å². The van der Waals surface area contributed by atoms with E-state index in [-0.39, 0.29) is 0 Å². The molecule has 52 heavy (non-hydrogen) atoms. The van der Waals surface area contributed by atoms with Crippen LogP contribution in [0.2, 0.25) is 0 Å². The Balaban J connectivity index is 1.25. The van der Waals surface area contributed by atoms with Gasteiger partial charge in [0.25, 0.3) is 0 Å². The van der Waals surface area contributed by atoms with E-state index in [1.54, 1.807) is 0 Å². The lowest BCUT2D eigenvalue weighted by Gasteiger charge is -2.28. The number of benzene rings is 8. The molecule has 0 saturated heterocycles. The van der Waals surface area contributed by atoms with Gasteiger partial charge in [-0.3, -0.25) is 0 Å². The molecule has 10 aromatic rings. The Bertz CT molecular complexity index is 2810. The van der Waals surface area contributed by atoms with E-state index >= 15 is 0 Å². The number of oxazole rings is 1. The quantitative estimate of drug-likeness (QED) is 0.169. The van der Waals surface area contributed by atoms with Crippen LogP contribution in [0.3, 0.4) is 0 Å². The van der Waals surface area contributed by atoms with Gasteiger partial charge in [-0.1, -0.05) is 97.1 Å². The third kappa shape index (κ3) is 5.07. The summed E-state index contributed by atoms with van der Waals surface area (Å²) in [7, 11) is 0. The van der Waals surface area contributed by atoms with Crippen molar-refractivity contribution in [1.82, 2.24) is 4.98 Å². The first-order chi connectivity index (χ1) is 25.8. The molecule has 5 nitrogen and oxygen atoms in total. The van der Waals surface area contributed by atoms with Gasteiger partial charge in [0.05, 0.1) is 5.69 Å². The average Bonchev–Trinajstić information content (AvgIpc) is 3.82. The second-order valence-corrected chi connectivity index (χ2v) is 12.8. The molecular weight excluding hydrogens is 639 g/mol. The van der Waals surface area contributed by atoms with Gasteiger partial charge in [-0.15, -0.1) is 0 Å². The van der Waals surface area contributed by atoms with Gasteiger partial charge < -0.3 is 18.6 Å². The van der Waals surface area contributed by atoms with Crippen molar-refractivity contribution in [3.63, 3.8) is 0 Å². The molecule has 2 aromatic heterocycles. The van der Waals surface area contributed by atoms with Crippen LogP contribution in [0.1, 0.15) is 0 Å². The minimum atomic E-state index is 0.583. The summed E-state index contributed by atoms with van der Waals surface area (Å²) in [4.78, 5) is 9.74. The fraction of sp³-hybridized carbons (Fsp3) is 0. The van der Waals surface area contributed by atoms with Gasteiger partial charge in [0, 0.05) is 61.6 Å². The van der Waals surface area contributed by atoms with Gasteiger partial charge in [-0.05, 0) is 84.9 Å². The molecule has 0 atom stereocenters. The molecular formula is C47H31N3O2. The fourth-order valence-electron chi connectivity index (χ4n) is 7.26. The Morgan fingerprint density at radius 2 is 0.885 bits per heavy atom. The number of nitrogens with zero attached hydrogens (tertiary/aromatic N) is 3. The van der Waals surface area contributed by atoms with Crippen LogP contribution in [0.5, 0.6) is 0 Å². The monoisotopic (exact) mass is 669 g/mol. The Kier molecular flexibility index (Phi) is 7.07. The molecule has 0 spiro atoms. The van der Waals surface area contributed by atoms with Crippen LogP contribution in [0, 0.1) is 0 Å². The summed E-state index contributed by atoms with van der Waals surface area (Å²) >= 11 is 0. The Morgan fingerprint density at radius 1 is 0.346 bits per heavy atom. The number of hydrogen-bond acceptors (Lipinski definition) is 5. The molecule has 0 N–H and O–H groups in total. The third-order valence-electron chi connectivity index (χ3n) is 9.64. The number of aromatic nitrogens is 1. The zero-order chi connectivity index (χ0) is 34.4. The van der Waals surface area contributed by atoms with Gasteiger partial charge in [-0.25, -0.2) is 4.98 Å². The van der Waals surface area contributed by atoms with Crippen LogP contribution in [0.15, 0.2) is 197 Å². The number of furan rings is 1. The highest BCUT2D eigenvalue weighted by Gasteiger charge is 2.23. The molecule has 0 saturated carbocycles. The number of anilines is 6. The van der Waals surface area contributed by atoms with E-state index in [0.29, 0.717) is 11.5 Å². The summed E-state index contributed by atoms with van der Waals surface area (Å²) in [6.45, 7) is 0. The van der Waals surface area contributed by atoms with Crippen molar-refractivity contribution in [3.05, 3.63) is 188 Å². The smallest absolute Gasteiger partial charge is 0.227 e. The summed E-state index contributed by atoms with van der Waals surface area (Å²) in [5.41, 5.74) is 10.3. The van der Waals surface area contributed by atoms with Crippen LogP contribution in [0.4, 0.5) is 34.1 Å². The van der Waals surface area contributed by atoms with Gasteiger partial charge in [0.2, 0.25) is 5.89 Å². The number of hydrogen-bond donors (Lipinski definition) is 0. The van der Waals surface area contributed by atoms with Crippen molar-refractivity contribution in [2.45, 2.75) is 0 Å². The van der Waals surface area contributed by atoms with Crippen LogP contribution in [-0.4, -0.2) is 4.98 Å². The standard InChI is InChI=1S/C47H31N3O2/c1-5-15-32(16-6-1)47-48-46-41-30-36(49(33-17-7-2-8-18-33)34-19-9-3-10-20-34)25-27-38(41)42(31-45(46)52-47)50(35-21-11-4-12-22-35)37-26-28-44-40(29-37)39-23-13-14-24-43(39)51-44/h1-31H. The van der Waals surface area contributed by atoms with Gasteiger partial charge in [0.15, 0.2) is 5.58 Å². The molecule has 246 valence electrons. The molecule has 0 aliphatic heterocycles. The van der Waals surface area contributed by atoms with E-state index in [9.17, 15) is 0 Å². The van der Waals surface area contributed by atoms with Gasteiger partial charge in [-0.2, -0.15) is 0 Å². The largest absolute Gasteiger partial charge is 0.456 e. The zero-order valence-corrected chi connectivity index (χ0v) is 28.1. The molecule has 0 radical (unpaired) electrons. The lowest BCUT2D eigenvalue weighted by molar-refractivity contribution is 0.620. The summed E-state index contributed by atoms with van der Waals surface area (Å²) < 4.78 is 12.9. The number of para-hydroxylation sites is 4. The summed E-state index contributed by atoms with van der Waals surface area (Å²) in [6, 6.07) is 64.9. The van der Waals surface area contributed by atoms with Crippen molar-refractivity contribution in [2.75, 3.05) is 9.80 Å². The predicted molar refractivity (Wildman–Crippen MR) is 214 cm³/mol. The molecule has 2 heterocycles. The predicted octanol–water partition coefficient (Wildman–Crippen LogP) is 13.5. The van der Waals surface area contributed by atoms with Crippen LogP contribution in [0.25, 0.3) is 55.3 Å². The van der Waals surface area contributed by atoms with E-state index in [4.69, 9.17) is 13.8 Å². The molecule has 0 fully saturated rings. The SMILES string of the molecule is c1ccc(-c2nc3c(cc(N(c4ccccc4)c4ccc5oc6ccccc6c5c4)c4ccc(N(c5ccccc5)c5ccccc5)cc43)o2)cc1. The van der Waals surface area contributed by atoms with E-state index in [1.165, 1.54) is 0 Å². The molecule has 0 aliphatic carbocycles. The highest BCUT2D eigenvalue weighted by molar-refractivity contribution is 6.14. The second-order valence-electron chi connectivity index (χ2n) is 12.8. The number of rotatable bonds is 7. The Labute approximate surface area is 300 Å². The topological polar surface area (TPSA) is 45.7 Å². The lowest BCUT2D eigenvalue weighted by Crippen LogP contribution is -2.11. The maximum Gasteiger partial charge on any atom is 0.227 e. The maximum atomic E-state index is 6.64. The first-order valence-electron chi connectivity index (χ1n) is 17.4. The third-order valence-corrected chi connectivity index (χ3v) is 9.64. The van der Waals surface area contributed by atoms with Crippen molar-refractivity contribution in [1.29, 1.82) is 0 Å². The van der Waals surface area contributed by atoms with E-state index in [0.717, 1.165) is 77.9 Å². The van der Waals surface area contributed by atoms with Crippen molar-refractivity contribution < 1.29 is 8.83 Å². The van der Waals surface area contributed by atoms with Crippen LogP contribution >= 0.6 is 0 Å². The first kappa shape index (κ1) is 29.8. The minimum absolute atomic E-state index is 0.583. The molecule has 10 rings (SSSR count). The minimum Gasteiger partial charge on any atom is -0.456 e. The maximum absolute atomic E-state index is 6.64. The van der Waals surface area contributed by atoms with E-state index in [1.807, 2.05) is 60.7 Å². The molecule has 5 heteroatoms. The normalized spacial score (nSPS) is 11.5. The average molecular weight is 670 g/mol. The summed E-state index contributed by atoms with van der Waals surface area (Å²) in [5, 5.41) is 4.19. The van der Waals surface area contributed by atoms with Crippen molar-refractivity contribution >= 4 is 77.9 Å². The highest BCUT2D eigenvalue weighted by Crippen LogP contribution is 2.46. The van der Waals surface area contributed by atoms with E-state index in [2.05, 4.69) is 137 Å². The van der Waals surface area contributed by atoms with E-state index < -0.39 is 0 Å². The fourth-order valence-corrected chi connectivity index (χ4v) is 7.26. The van der Waals surface area contributed by atoms with Gasteiger partial charge >= 0.3 is 0 Å². The summed E-state index contributed by atoms with van der Waals surface area (Å²) in [5.74, 6) is 0.583. The summed E-state index contributed by atoms with van der Waals surface area (Å²) in [6.07, 6.45) is 0. The van der Waals surface area contributed by atoms with Crippen molar-refractivity contribution in [3.8, 4) is 11.5 Å². The second kappa shape index (κ2) is 12.3. The van der Waals surface area contributed by atoms with Crippen molar-refractivity contribution in [2.24, 2.45) is 0 Å². The molecule has 0 amide bonds. The zero-order valence-electron chi connectivity index (χ0n) is 28.1. The molecule has 0 bridgehead atoms. The lowest BCUT2D eigenvalue weighted by atomic mass is 10.0. The Morgan fingerprint density at radius 3 is 1.58 bits per heavy atom. The van der Waals surface area contributed by atoms with Gasteiger partial charge in [0.1, 0.15) is 16.7 Å².